The van der Waals surface area contributed by atoms with E-state index in [9.17, 15) is 19.3 Å². The molecule has 0 bridgehead atoms. The Labute approximate surface area is 104 Å². The highest BCUT2D eigenvalue weighted by Gasteiger charge is 2.25. The predicted molar refractivity (Wildman–Crippen MR) is 62.9 cm³/mol. The number of nitro groups is 1. The summed E-state index contributed by atoms with van der Waals surface area (Å²) in [6.45, 7) is 2.18. The summed E-state index contributed by atoms with van der Waals surface area (Å²) in [4.78, 5) is 21.4. The van der Waals surface area contributed by atoms with Crippen LogP contribution in [0.5, 0.6) is 0 Å². The van der Waals surface area contributed by atoms with Crippen molar-refractivity contribution >= 4 is 11.7 Å². The Bertz CT molecular complexity index is 448. The first-order chi connectivity index (χ1) is 8.57. The minimum Gasteiger partial charge on any atom is -0.462 e. The monoisotopic (exact) mass is 255 g/mol. The number of rotatable bonds is 6. The zero-order valence-electron chi connectivity index (χ0n) is 10.0. The molecule has 0 aliphatic rings. The van der Waals surface area contributed by atoms with Gasteiger partial charge in [0.25, 0.3) is 0 Å². The summed E-state index contributed by atoms with van der Waals surface area (Å²) >= 11 is 0. The fourth-order valence-corrected chi connectivity index (χ4v) is 1.46. The first-order valence-corrected chi connectivity index (χ1v) is 5.68. The van der Waals surface area contributed by atoms with E-state index in [0.29, 0.717) is 6.42 Å². The zero-order chi connectivity index (χ0) is 13.5. The number of carbonyl (C=O) groups is 1. The van der Waals surface area contributed by atoms with Gasteiger partial charge in [-0.3, -0.25) is 10.1 Å². The molecule has 0 saturated carbocycles. The second kappa shape index (κ2) is 6.68. The molecule has 0 aromatic heterocycles. The molecule has 0 atom stereocenters. The fourth-order valence-electron chi connectivity index (χ4n) is 1.46. The zero-order valence-corrected chi connectivity index (χ0v) is 10.0. The summed E-state index contributed by atoms with van der Waals surface area (Å²) in [5, 5.41) is 10.7. The maximum atomic E-state index is 13.3. The van der Waals surface area contributed by atoms with Gasteiger partial charge in [0.15, 0.2) is 0 Å². The molecular formula is C12H14FNO4. The average Bonchev–Trinajstić information content (AvgIpc) is 2.33. The van der Waals surface area contributed by atoms with Crippen molar-refractivity contribution in [2.45, 2.75) is 26.2 Å². The van der Waals surface area contributed by atoms with Gasteiger partial charge in [-0.25, -0.2) is 4.79 Å². The highest BCUT2D eigenvalue weighted by molar-refractivity contribution is 5.93. The standard InChI is InChI=1S/C12H14FNO4/c1-2-3-4-8-18-12(15)9-6-5-7-10(13)11(9)14(16)17/h5-7H,2-4,8H2,1H3. The Morgan fingerprint density at radius 1 is 1.44 bits per heavy atom. The van der Waals surface area contributed by atoms with Crippen molar-refractivity contribution < 1.29 is 18.8 Å². The van der Waals surface area contributed by atoms with Crippen molar-refractivity contribution in [3.63, 3.8) is 0 Å². The van der Waals surface area contributed by atoms with E-state index in [1.165, 1.54) is 12.1 Å². The molecule has 1 aromatic carbocycles. The molecular weight excluding hydrogens is 241 g/mol. The minimum absolute atomic E-state index is 0.181. The van der Waals surface area contributed by atoms with Gasteiger partial charge in [0.1, 0.15) is 5.56 Å². The van der Waals surface area contributed by atoms with Crippen LogP contribution in [0.2, 0.25) is 0 Å². The number of ether oxygens (including phenoxy) is 1. The molecule has 0 aliphatic carbocycles. The van der Waals surface area contributed by atoms with E-state index in [1.807, 2.05) is 6.92 Å². The molecule has 6 heteroatoms. The maximum absolute atomic E-state index is 13.3. The van der Waals surface area contributed by atoms with Crippen LogP contribution in [0, 0.1) is 15.9 Å². The predicted octanol–water partition coefficient (Wildman–Crippen LogP) is 3.08. The van der Waals surface area contributed by atoms with Gasteiger partial charge in [-0.05, 0) is 18.6 Å². The van der Waals surface area contributed by atoms with Crippen molar-refractivity contribution in [2.24, 2.45) is 0 Å². The van der Waals surface area contributed by atoms with Crippen LogP contribution in [0.15, 0.2) is 18.2 Å². The van der Waals surface area contributed by atoms with Crippen LogP contribution in [0.1, 0.15) is 36.5 Å². The van der Waals surface area contributed by atoms with Crippen molar-refractivity contribution in [2.75, 3.05) is 6.61 Å². The van der Waals surface area contributed by atoms with Crippen LogP contribution in [0.25, 0.3) is 0 Å². The van der Waals surface area contributed by atoms with Gasteiger partial charge < -0.3 is 4.74 Å². The van der Waals surface area contributed by atoms with E-state index in [4.69, 9.17) is 4.74 Å². The lowest BCUT2D eigenvalue weighted by Crippen LogP contribution is -2.10. The van der Waals surface area contributed by atoms with Crippen molar-refractivity contribution in [1.82, 2.24) is 0 Å². The number of esters is 1. The van der Waals surface area contributed by atoms with E-state index < -0.39 is 22.4 Å². The summed E-state index contributed by atoms with van der Waals surface area (Å²) in [7, 11) is 0. The Hall–Kier alpha value is -1.98. The fraction of sp³-hybridized carbons (Fsp3) is 0.417. The van der Waals surface area contributed by atoms with Gasteiger partial charge in [0, 0.05) is 0 Å². The van der Waals surface area contributed by atoms with Gasteiger partial charge in [-0.1, -0.05) is 25.8 Å². The van der Waals surface area contributed by atoms with Crippen LogP contribution >= 0.6 is 0 Å². The number of para-hydroxylation sites is 1. The molecule has 0 heterocycles. The quantitative estimate of drug-likeness (QED) is 0.339. The molecule has 1 rings (SSSR count). The Morgan fingerprint density at radius 3 is 2.78 bits per heavy atom. The molecule has 0 spiro atoms. The summed E-state index contributed by atoms with van der Waals surface area (Å²) < 4.78 is 18.1. The van der Waals surface area contributed by atoms with E-state index in [-0.39, 0.29) is 12.2 Å². The number of nitrogens with zero attached hydrogens (tertiary/aromatic N) is 1. The number of halogens is 1. The molecule has 1 aromatic rings. The third-order valence-corrected chi connectivity index (χ3v) is 2.37. The van der Waals surface area contributed by atoms with Crippen LogP contribution in [-0.2, 0) is 4.74 Å². The number of benzene rings is 1. The van der Waals surface area contributed by atoms with E-state index in [1.54, 1.807) is 0 Å². The van der Waals surface area contributed by atoms with Crippen molar-refractivity contribution in [1.29, 1.82) is 0 Å². The third-order valence-electron chi connectivity index (χ3n) is 2.37. The summed E-state index contributed by atoms with van der Waals surface area (Å²) in [5.41, 5.74) is -1.19. The number of carbonyl (C=O) groups excluding carboxylic acids is 1. The Balaban J connectivity index is 2.79. The highest BCUT2D eigenvalue weighted by Crippen LogP contribution is 2.23. The largest absolute Gasteiger partial charge is 0.462 e. The van der Waals surface area contributed by atoms with E-state index >= 15 is 0 Å². The van der Waals surface area contributed by atoms with E-state index in [2.05, 4.69) is 0 Å². The molecule has 0 amide bonds. The van der Waals surface area contributed by atoms with Gasteiger partial charge in [-0.2, -0.15) is 4.39 Å². The minimum atomic E-state index is -1.04. The lowest BCUT2D eigenvalue weighted by molar-refractivity contribution is -0.387. The summed E-state index contributed by atoms with van der Waals surface area (Å²) in [6, 6.07) is 3.36. The lowest BCUT2D eigenvalue weighted by atomic mass is 10.2. The summed E-state index contributed by atoms with van der Waals surface area (Å²) in [5.74, 6) is -1.90. The number of hydrogen-bond donors (Lipinski definition) is 0. The molecule has 98 valence electrons. The van der Waals surface area contributed by atoms with Gasteiger partial charge in [0.2, 0.25) is 5.82 Å². The molecule has 0 fully saturated rings. The molecule has 5 nitrogen and oxygen atoms in total. The molecule has 0 aliphatic heterocycles. The first-order valence-electron chi connectivity index (χ1n) is 5.68. The third kappa shape index (κ3) is 3.51. The molecule has 0 radical (unpaired) electrons. The van der Waals surface area contributed by atoms with Gasteiger partial charge in [-0.15, -0.1) is 0 Å². The first kappa shape index (κ1) is 14.1. The average molecular weight is 255 g/mol. The van der Waals surface area contributed by atoms with Crippen molar-refractivity contribution in [3.05, 3.63) is 39.7 Å². The van der Waals surface area contributed by atoms with E-state index in [0.717, 1.165) is 18.9 Å². The van der Waals surface area contributed by atoms with Crippen LogP contribution < -0.4 is 0 Å². The summed E-state index contributed by atoms with van der Waals surface area (Å²) in [6.07, 6.45) is 2.56. The second-order valence-electron chi connectivity index (χ2n) is 3.74. The van der Waals surface area contributed by atoms with Crippen LogP contribution in [0.4, 0.5) is 10.1 Å². The number of hydrogen-bond acceptors (Lipinski definition) is 4. The van der Waals surface area contributed by atoms with Crippen molar-refractivity contribution in [3.8, 4) is 0 Å². The molecule has 0 N–H and O–H groups in total. The van der Waals surface area contributed by atoms with Gasteiger partial charge >= 0.3 is 11.7 Å². The lowest BCUT2D eigenvalue weighted by Gasteiger charge is -2.05. The Morgan fingerprint density at radius 2 is 2.17 bits per heavy atom. The maximum Gasteiger partial charge on any atom is 0.345 e. The smallest absolute Gasteiger partial charge is 0.345 e. The van der Waals surface area contributed by atoms with Crippen LogP contribution in [0.3, 0.4) is 0 Å². The SMILES string of the molecule is CCCCCOC(=O)c1cccc(F)c1[N+](=O)[O-]. The normalized spacial score (nSPS) is 10.1. The van der Waals surface area contributed by atoms with Crippen LogP contribution in [-0.4, -0.2) is 17.5 Å². The topological polar surface area (TPSA) is 69.4 Å². The number of unbranched alkanes of at least 4 members (excludes halogenated alkanes) is 2. The molecule has 0 unspecified atom stereocenters. The highest BCUT2D eigenvalue weighted by atomic mass is 19.1. The second-order valence-corrected chi connectivity index (χ2v) is 3.74. The number of nitro benzene ring substituents is 1. The molecule has 18 heavy (non-hydrogen) atoms. The van der Waals surface area contributed by atoms with Gasteiger partial charge in [0.05, 0.1) is 11.5 Å². The Kier molecular flexibility index (Phi) is 5.23. The molecule has 0 saturated heterocycles.